The van der Waals surface area contributed by atoms with E-state index in [2.05, 4.69) is 27.7 Å². The smallest absolute Gasteiger partial charge is 0.216 e. The van der Waals surface area contributed by atoms with Crippen LogP contribution in [0.1, 0.15) is 51.7 Å². The van der Waals surface area contributed by atoms with Gasteiger partial charge < -0.3 is 9.47 Å². The second-order valence-corrected chi connectivity index (χ2v) is 7.63. The molecule has 0 bridgehead atoms. The van der Waals surface area contributed by atoms with Crippen molar-refractivity contribution in [2.24, 2.45) is 21.8 Å². The van der Waals surface area contributed by atoms with E-state index in [0.717, 1.165) is 35.8 Å². The molecular formula is C20H28N2O2. The van der Waals surface area contributed by atoms with Crippen LogP contribution in [-0.2, 0) is 9.47 Å². The second kappa shape index (κ2) is 7.37. The Hall–Kier alpha value is -1.84. The zero-order valence-electron chi connectivity index (χ0n) is 15.2. The average Bonchev–Trinajstić information content (AvgIpc) is 3.16. The lowest BCUT2D eigenvalue weighted by atomic mass is 10.1. The fraction of sp³-hybridized carbons (Fsp3) is 0.600. The Morgan fingerprint density at radius 2 is 1.17 bits per heavy atom. The predicted octanol–water partition coefficient (Wildman–Crippen LogP) is 4.07. The molecule has 0 spiro atoms. The molecule has 2 aliphatic rings. The summed E-state index contributed by atoms with van der Waals surface area (Å²) in [6, 6.07) is 8.78. The summed E-state index contributed by atoms with van der Waals surface area (Å²) in [5, 5.41) is 0. The topological polar surface area (TPSA) is 43.2 Å². The van der Waals surface area contributed by atoms with Crippen molar-refractivity contribution in [3.63, 3.8) is 0 Å². The third-order valence-electron chi connectivity index (χ3n) is 4.29. The first-order valence-corrected chi connectivity index (χ1v) is 9.03. The Balaban J connectivity index is 1.66. The van der Waals surface area contributed by atoms with Crippen LogP contribution >= 0.6 is 0 Å². The summed E-state index contributed by atoms with van der Waals surface area (Å²) < 4.78 is 11.5. The zero-order valence-corrected chi connectivity index (χ0v) is 15.2. The van der Waals surface area contributed by atoms with Crippen molar-refractivity contribution in [3.8, 4) is 0 Å². The van der Waals surface area contributed by atoms with E-state index in [4.69, 9.17) is 19.5 Å². The molecule has 0 amide bonds. The molecule has 3 rings (SSSR count). The average molecular weight is 328 g/mol. The Kier molecular flexibility index (Phi) is 5.22. The van der Waals surface area contributed by atoms with Crippen molar-refractivity contribution >= 4 is 11.8 Å². The summed E-state index contributed by atoms with van der Waals surface area (Å²) in [5.41, 5.74) is 2.06. The first-order valence-electron chi connectivity index (χ1n) is 9.03. The Morgan fingerprint density at radius 3 is 1.50 bits per heavy atom. The third-order valence-corrected chi connectivity index (χ3v) is 4.29. The van der Waals surface area contributed by atoms with E-state index in [-0.39, 0.29) is 0 Å². The van der Waals surface area contributed by atoms with Gasteiger partial charge in [-0.1, -0.05) is 27.7 Å². The van der Waals surface area contributed by atoms with Crippen molar-refractivity contribution in [1.29, 1.82) is 0 Å². The van der Waals surface area contributed by atoms with Crippen LogP contribution in [0.4, 0.5) is 0 Å². The molecule has 0 radical (unpaired) electrons. The first kappa shape index (κ1) is 17.0. The van der Waals surface area contributed by atoms with Crippen molar-refractivity contribution in [3.05, 3.63) is 35.4 Å². The predicted molar refractivity (Wildman–Crippen MR) is 97.9 cm³/mol. The van der Waals surface area contributed by atoms with Crippen molar-refractivity contribution in [2.45, 2.75) is 52.6 Å². The van der Waals surface area contributed by atoms with Gasteiger partial charge in [0.2, 0.25) is 11.8 Å². The van der Waals surface area contributed by atoms with Crippen LogP contribution in [0.3, 0.4) is 0 Å². The molecule has 2 aliphatic heterocycles. The molecule has 0 saturated heterocycles. The molecule has 24 heavy (non-hydrogen) atoms. The highest BCUT2D eigenvalue weighted by Gasteiger charge is 2.23. The van der Waals surface area contributed by atoms with E-state index in [1.807, 2.05) is 24.3 Å². The number of rotatable bonds is 6. The van der Waals surface area contributed by atoms with Gasteiger partial charge in [0.25, 0.3) is 0 Å². The van der Waals surface area contributed by atoms with Crippen LogP contribution in [0.15, 0.2) is 34.3 Å². The van der Waals surface area contributed by atoms with Gasteiger partial charge in [-0.05, 0) is 48.9 Å². The monoisotopic (exact) mass is 328 g/mol. The lowest BCUT2D eigenvalue weighted by Gasteiger charge is -2.06. The van der Waals surface area contributed by atoms with E-state index in [1.54, 1.807) is 0 Å². The van der Waals surface area contributed by atoms with Gasteiger partial charge in [-0.15, -0.1) is 0 Å². The molecule has 1 aromatic carbocycles. The van der Waals surface area contributed by atoms with E-state index < -0.39 is 0 Å². The Labute approximate surface area is 145 Å². The molecule has 4 heteroatoms. The molecule has 1 aromatic rings. The van der Waals surface area contributed by atoms with E-state index in [9.17, 15) is 0 Å². The number of nitrogens with zero attached hydrogens (tertiary/aromatic N) is 2. The maximum atomic E-state index is 5.77. The number of hydrogen-bond donors (Lipinski definition) is 0. The molecule has 0 aliphatic carbocycles. The summed E-state index contributed by atoms with van der Waals surface area (Å²) in [4.78, 5) is 9.41. The summed E-state index contributed by atoms with van der Waals surface area (Å²) in [7, 11) is 0. The Morgan fingerprint density at radius 1 is 0.792 bits per heavy atom. The number of hydrogen-bond acceptors (Lipinski definition) is 4. The van der Waals surface area contributed by atoms with E-state index in [0.29, 0.717) is 37.1 Å². The zero-order chi connectivity index (χ0) is 17.1. The second-order valence-electron chi connectivity index (χ2n) is 7.63. The standard InChI is InChI=1S/C20H28N2O2/c1-13(2)9-17-11-23-19(21-17)15-5-7-16(8-6-15)20-22-18(12-24-20)10-14(3)4/h5-8,13-14,17-18H,9-12H2,1-4H3. The molecular weight excluding hydrogens is 300 g/mol. The fourth-order valence-electron chi connectivity index (χ4n) is 3.23. The van der Waals surface area contributed by atoms with Crippen LogP contribution < -0.4 is 0 Å². The van der Waals surface area contributed by atoms with Gasteiger partial charge in [0.15, 0.2) is 0 Å². The SMILES string of the molecule is CC(C)CC1COC(c2ccc(C3=NC(CC(C)C)CO3)cc2)=N1. The molecule has 0 saturated carbocycles. The van der Waals surface area contributed by atoms with Gasteiger partial charge in [-0.2, -0.15) is 0 Å². The molecule has 4 nitrogen and oxygen atoms in total. The molecule has 2 unspecified atom stereocenters. The van der Waals surface area contributed by atoms with Crippen LogP contribution in [0.25, 0.3) is 0 Å². The summed E-state index contributed by atoms with van der Waals surface area (Å²) in [5.74, 6) is 2.80. The number of benzene rings is 1. The minimum atomic E-state index is 0.291. The molecule has 0 aromatic heterocycles. The van der Waals surface area contributed by atoms with Crippen LogP contribution in [0.5, 0.6) is 0 Å². The van der Waals surface area contributed by atoms with Gasteiger partial charge >= 0.3 is 0 Å². The van der Waals surface area contributed by atoms with E-state index in [1.165, 1.54) is 0 Å². The van der Waals surface area contributed by atoms with Crippen LogP contribution in [-0.4, -0.2) is 37.1 Å². The van der Waals surface area contributed by atoms with Crippen molar-refractivity contribution < 1.29 is 9.47 Å². The molecule has 0 fully saturated rings. The number of ether oxygens (including phenoxy) is 2. The number of aliphatic imine (C=N–C) groups is 2. The maximum Gasteiger partial charge on any atom is 0.216 e. The van der Waals surface area contributed by atoms with Crippen molar-refractivity contribution in [1.82, 2.24) is 0 Å². The van der Waals surface area contributed by atoms with Gasteiger partial charge in [0.1, 0.15) is 13.2 Å². The summed E-state index contributed by atoms with van der Waals surface area (Å²) in [6.07, 6.45) is 2.15. The minimum absolute atomic E-state index is 0.291. The Bertz CT molecular complexity index is 562. The lowest BCUT2D eigenvalue weighted by molar-refractivity contribution is 0.301. The summed E-state index contributed by atoms with van der Waals surface area (Å²) in [6.45, 7) is 10.3. The highest BCUT2D eigenvalue weighted by Crippen LogP contribution is 2.20. The molecule has 130 valence electrons. The van der Waals surface area contributed by atoms with Crippen LogP contribution in [0, 0.1) is 11.8 Å². The fourth-order valence-corrected chi connectivity index (χ4v) is 3.23. The molecule has 0 N–H and O–H groups in total. The van der Waals surface area contributed by atoms with Gasteiger partial charge in [-0.25, -0.2) is 9.98 Å². The normalized spacial score (nSPS) is 23.2. The highest BCUT2D eigenvalue weighted by atomic mass is 16.5. The van der Waals surface area contributed by atoms with Gasteiger partial charge in [0, 0.05) is 11.1 Å². The summed E-state index contributed by atoms with van der Waals surface area (Å²) >= 11 is 0. The van der Waals surface area contributed by atoms with E-state index >= 15 is 0 Å². The minimum Gasteiger partial charge on any atom is -0.475 e. The van der Waals surface area contributed by atoms with Gasteiger partial charge in [0.05, 0.1) is 12.1 Å². The third kappa shape index (κ3) is 4.16. The lowest BCUT2D eigenvalue weighted by Crippen LogP contribution is -2.09. The quantitative estimate of drug-likeness (QED) is 0.790. The van der Waals surface area contributed by atoms with Gasteiger partial charge in [-0.3, -0.25) is 0 Å². The molecule has 2 atom stereocenters. The molecule has 2 heterocycles. The van der Waals surface area contributed by atoms with Crippen LogP contribution in [0.2, 0.25) is 0 Å². The van der Waals surface area contributed by atoms with Crippen molar-refractivity contribution in [2.75, 3.05) is 13.2 Å². The first-order chi connectivity index (χ1) is 11.5. The highest BCUT2D eigenvalue weighted by molar-refractivity contribution is 5.98. The maximum absolute atomic E-state index is 5.77. The largest absolute Gasteiger partial charge is 0.475 e.